The van der Waals surface area contributed by atoms with Crippen molar-refractivity contribution in [3.63, 3.8) is 0 Å². The van der Waals surface area contributed by atoms with Crippen LogP contribution < -0.4 is 5.32 Å². The smallest absolute Gasteiger partial charge is 0.0609 e. The molecule has 0 heterocycles. The van der Waals surface area contributed by atoms with E-state index in [9.17, 15) is 5.11 Å². The Balaban J connectivity index is 2.91. The van der Waals surface area contributed by atoms with Crippen LogP contribution in [-0.2, 0) is 0 Å². The maximum atomic E-state index is 9.52. The number of benzene rings is 1. The molecule has 0 aromatic heterocycles. The highest BCUT2D eigenvalue weighted by Crippen LogP contribution is 2.34. The molecule has 114 valence electrons. The predicted molar refractivity (Wildman–Crippen MR) is 85.8 cm³/mol. The normalized spacial score (nSPS) is 14.6. The van der Waals surface area contributed by atoms with E-state index in [0.29, 0.717) is 0 Å². The fourth-order valence-electron chi connectivity index (χ4n) is 2.69. The molecule has 0 fully saturated rings. The molecule has 1 unspecified atom stereocenters. The Morgan fingerprint density at radius 1 is 1.15 bits per heavy atom. The zero-order valence-corrected chi connectivity index (χ0v) is 13.8. The summed E-state index contributed by atoms with van der Waals surface area (Å²) in [6, 6.07) is 10.8. The van der Waals surface area contributed by atoms with Crippen LogP contribution in [0.5, 0.6) is 0 Å². The molecule has 3 nitrogen and oxygen atoms in total. The van der Waals surface area contributed by atoms with Gasteiger partial charge in [-0.05, 0) is 38.9 Å². The molecule has 1 rings (SSSR count). The molecule has 2 N–H and O–H groups in total. The van der Waals surface area contributed by atoms with Gasteiger partial charge in [0.25, 0.3) is 0 Å². The van der Waals surface area contributed by atoms with Gasteiger partial charge in [-0.1, -0.05) is 44.2 Å². The minimum atomic E-state index is -0.202. The van der Waals surface area contributed by atoms with E-state index < -0.39 is 0 Å². The highest BCUT2D eigenvalue weighted by Gasteiger charge is 2.34. The third-order valence-electron chi connectivity index (χ3n) is 4.27. The van der Waals surface area contributed by atoms with Gasteiger partial charge in [0.05, 0.1) is 6.61 Å². The van der Waals surface area contributed by atoms with E-state index in [-0.39, 0.29) is 23.6 Å². The van der Waals surface area contributed by atoms with Gasteiger partial charge in [0.2, 0.25) is 0 Å². The maximum absolute atomic E-state index is 9.52. The second-order valence-corrected chi connectivity index (χ2v) is 6.95. The van der Waals surface area contributed by atoms with E-state index in [1.807, 2.05) is 13.1 Å². The van der Waals surface area contributed by atoms with Crippen LogP contribution in [0.15, 0.2) is 30.3 Å². The van der Waals surface area contributed by atoms with Crippen LogP contribution in [-0.4, -0.2) is 42.8 Å². The number of nitrogens with one attached hydrogen (secondary N) is 1. The zero-order chi connectivity index (χ0) is 15.4. The Labute approximate surface area is 124 Å². The van der Waals surface area contributed by atoms with Crippen molar-refractivity contribution in [3.05, 3.63) is 35.9 Å². The van der Waals surface area contributed by atoms with Crippen molar-refractivity contribution in [2.45, 2.75) is 39.3 Å². The number of rotatable bonds is 7. The molecule has 1 atom stereocenters. The number of hydrogen-bond acceptors (Lipinski definition) is 3. The van der Waals surface area contributed by atoms with Crippen LogP contribution in [0.4, 0.5) is 0 Å². The lowest BCUT2D eigenvalue weighted by Gasteiger charge is -2.43. The van der Waals surface area contributed by atoms with Gasteiger partial charge in [0, 0.05) is 18.1 Å². The molecule has 0 amide bonds. The van der Waals surface area contributed by atoms with Crippen molar-refractivity contribution >= 4 is 0 Å². The molecule has 0 spiro atoms. The van der Waals surface area contributed by atoms with Gasteiger partial charge in [-0.2, -0.15) is 0 Å². The maximum Gasteiger partial charge on any atom is 0.0609 e. The summed E-state index contributed by atoms with van der Waals surface area (Å²) in [5.41, 5.74) is 1.15. The number of aliphatic hydroxyl groups is 1. The van der Waals surface area contributed by atoms with Gasteiger partial charge in [-0.3, -0.25) is 4.90 Å². The van der Waals surface area contributed by atoms with E-state index in [4.69, 9.17) is 0 Å². The summed E-state index contributed by atoms with van der Waals surface area (Å²) in [6.07, 6.45) is 0. The number of likely N-dealkylation sites (N-methyl/N-ethyl adjacent to an activating group) is 1. The van der Waals surface area contributed by atoms with Gasteiger partial charge >= 0.3 is 0 Å². The first kappa shape index (κ1) is 17.2. The van der Waals surface area contributed by atoms with Crippen LogP contribution in [0.1, 0.15) is 39.3 Å². The summed E-state index contributed by atoms with van der Waals surface area (Å²) in [6.45, 7) is 9.74. The molecular formula is C17H30N2O. The van der Waals surface area contributed by atoms with Gasteiger partial charge in [-0.15, -0.1) is 0 Å². The van der Waals surface area contributed by atoms with Crippen LogP contribution in [0.3, 0.4) is 0 Å². The number of hydrogen-bond donors (Lipinski definition) is 2. The largest absolute Gasteiger partial charge is 0.394 e. The number of aliphatic hydroxyl groups excluding tert-OH is 1. The van der Waals surface area contributed by atoms with Crippen molar-refractivity contribution in [1.82, 2.24) is 10.2 Å². The fraction of sp³-hybridized carbons (Fsp3) is 0.647. The first-order chi connectivity index (χ1) is 9.24. The molecule has 0 aliphatic carbocycles. The first-order valence-corrected chi connectivity index (χ1v) is 7.29. The quantitative estimate of drug-likeness (QED) is 0.805. The van der Waals surface area contributed by atoms with Crippen LogP contribution in [0.25, 0.3) is 0 Å². The Morgan fingerprint density at radius 3 is 2.15 bits per heavy atom. The monoisotopic (exact) mass is 278 g/mol. The van der Waals surface area contributed by atoms with E-state index in [0.717, 1.165) is 6.54 Å². The lowest BCUT2D eigenvalue weighted by Crippen LogP contribution is -2.50. The summed E-state index contributed by atoms with van der Waals surface area (Å²) >= 11 is 0. The average Bonchev–Trinajstić information content (AvgIpc) is 2.39. The van der Waals surface area contributed by atoms with Crippen molar-refractivity contribution in [2.75, 3.05) is 27.2 Å². The van der Waals surface area contributed by atoms with Gasteiger partial charge in [-0.25, -0.2) is 0 Å². The molecule has 0 saturated carbocycles. The molecule has 20 heavy (non-hydrogen) atoms. The summed E-state index contributed by atoms with van der Waals surface area (Å²) in [5, 5.41) is 13.0. The van der Waals surface area contributed by atoms with Crippen LogP contribution in [0.2, 0.25) is 0 Å². The Kier molecular flexibility index (Phi) is 5.75. The Morgan fingerprint density at radius 2 is 1.70 bits per heavy atom. The van der Waals surface area contributed by atoms with Crippen LogP contribution in [0, 0.1) is 5.41 Å². The molecule has 0 saturated heterocycles. The van der Waals surface area contributed by atoms with Crippen molar-refractivity contribution in [3.8, 4) is 0 Å². The topological polar surface area (TPSA) is 35.5 Å². The first-order valence-electron chi connectivity index (χ1n) is 7.29. The Hall–Kier alpha value is -0.900. The second kappa shape index (κ2) is 6.70. The van der Waals surface area contributed by atoms with E-state index in [2.05, 4.69) is 69.2 Å². The third kappa shape index (κ3) is 4.05. The van der Waals surface area contributed by atoms with Crippen LogP contribution >= 0.6 is 0 Å². The summed E-state index contributed by atoms with van der Waals surface area (Å²) in [5.74, 6) is 0. The van der Waals surface area contributed by atoms with Crippen molar-refractivity contribution < 1.29 is 5.11 Å². The Bertz CT molecular complexity index is 401. The van der Waals surface area contributed by atoms with Gasteiger partial charge in [0.15, 0.2) is 0 Å². The molecule has 3 heteroatoms. The third-order valence-corrected chi connectivity index (χ3v) is 4.27. The fourth-order valence-corrected chi connectivity index (χ4v) is 2.69. The van der Waals surface area contributed by atoms with E-state index in [1.54, 1.807) is 0 Å². The lowest BCUT2D eigenvalue weighted by atomic mass is 9.79. The predicted octanol–water partition coefficient (Wildman–Crippen LogP) is 2.68. The molecule has 0 aliphatic heterocycles. The molecule has 1 aromatic carbocycles. The van der Waals surface area contributed by atoms with Crippen molar-refractivity contribution in [2.24, 2.45) is 5.41 Å². The van der Waals surface area contributed by atoms with Gasteiger partial charge in [0.1, 0.15) is 0 Å². The van der Waals surface area contributed by atoms with Gasteiger partial charge < -0.3 is 10.4 Å². The minimum Gasteiger partial charge on any atom is -0.394 e. The highest BCUT2D eigenvalue weighted by molar-refractivity contribution is 5.21. The molecule has 0 radical (unpaired) electrons. The molecular weight excluding hydrogens is 248 g/mol. The van der Waals surface area contributed by atoms with E-state index >= 15 is 0 Å². The molecule has 0 aliphatic rings. The SMILES string of the molecule is CNC(c1ccccc1)C(C)(C)CN(C)C(C)(C)CO. The number of nitrogens with zero attached hydrogens (tertiary/aromatic N) is 1. The second-order valence-electron chi connectivity index (χ2n) is 6.95. The highest BCUT2D eigenvalue weighted by atomic mass is 16.3. The summed E-state index contributed by atoms with van der Waals surface area (Å²) in [4.78, 5) is 2.24. The molecule has 1 aromatic rings. The summed E-state index contributed by atoms with van der Waals surface area (Å²) in [7, 11) is 4.09. The lowest BCUT2D eigenvalue weighted by molar-refractivity contribution is 0.0392. The van der Waals surface area contributed by atoms with E-state index in [1.165, 1.54) is 5.56 Å². The average molecular weight is 278 g/mol. The summed E-state index contributed by atoms with van der Waals surface area (Å²) < 4.78 is 0. The van der Waals surface area contributed by atoms with Crippen molar-refractivity contribution in [1.29, 1.82) is 0 Å². The minimum absolute atomic E-state index is 0.0529. The zero-order valence-electron chi connectivity index (χ0n) is 13.8. The standard InChI is InChI=1S/C17H30N2O/c1-16(2,12-19(6)17(3,4)13-20)15(18-5)14-10-8-7-9-11-14/h7-11,15,18,20H,12-13H2,1-6H3. The molecule has 0 bridgehead atoms.